The van der Waals surface area contributed by atoms with Gasteiger partial charge in [-0.25, -0.2) is 0 Å². The molecule has 3 nitrogen and oxygen atoms in total. The second kappa shape index (κ2) is 5.96. The molecule has 1 aromatic carbocycles. The van der Waals surface area contributed by atoms with E-state index >= 15 is 0 Å². The molecule has 0 saturated carbocycles. The fraction of sp³-hybridized carbons (Fsp3) is 0.333. The Bertz CT molecular complexity index is 319. The summed E-state index contributed by atoms with van der Waals surface area (Å²) >= 11 is 0. The van der Waals surface area contributed by atoms with Gasteiger partial charge in [0.2, 0.25) is 0 Å². The summed E-state index contributed by atoms with van der Waals surface area (Å²) in [5.41, 5.74) is 0.802. The Morgan fingerprint density at radius 3 is 2.53 bits per heavy atom. The predicted molar refractivity (Wildman–Crippen MR) is 56.7 cm³/mol. The molecule has 0 amide bonds. The number of rotatable bonds is 6. The Labute approximate surface area is 88.7 Å². The van der Waals surface area contributed by atoms with Gasteiger partial charge in [0.05, 0.1) is 5.92 Å². The first-order chi connectivity index (χ1) is 7.25. The first-order valence-corrected chi connectivity index (χ1v) is 4.97. The van der Waals surface area contributed by atoms with Crippen LogP contribution in [0.1, 0.15) is 30.7 Å². The molecule has 0 fully saturated rings. The van der Waals surface area contributed by atoms with Crippen molar-refractivity contribution in [1.29, 1.82) is 0 Å². The molecule has 1 rings (SSSR count). The van der Waals surface area contributed by atoms with Crippen LogP contribution in [0.3, 0.4) is 0 Å². The number of carboxylic acids is 1. The van der Waals surface area contributed by atoms with Crippen LogP contribution < -0.4 is 0 Å². The van der Waals surface area contributed by atoms with Crippen LogP contribution in [-0.4, -0.2) is 17.4 Å². The Hall–Kier alpha value is -1.64. The maximum Gasteiger partial charge on any atom is 0.310 e. The van der Waals surface area contributed by atoms with Gasteiger partial charge < -0.3 is 9.90 Å². The first kappa shape index (κ1) is 11.4. The van der Waals surface area contributed by atoms with E-state index in [0.29, 0.717) is 19.3 Å². The molecule has 0 bridgehead atoms. The molecule has 1 unspecified atom stereocenters. The summed E-state index contributed by atoms with van der Waals surface area (Å²) in [6.45, 7) is 0. The summed E-state index contributed by atoms with van der Waals surface area (Å²) in [6, 6.07) is 9.11. The van der Waals surface area contributed by atoms with Crippen LogP contribution in [0.5, 0.6) is 0 Å². The van der Waals surface area contributed by atoms with E-state index < -0.39 is 11.9 Å². The lowest BCUT2D eigenvalue weighted by molar-refractivity contribution is -0.139. The average Bonchev–Trinajstić information content (AvgIpc) is 2.25. The highest BCUT2D eigenvalue weighted by molar-refractivity contribution is 5.76. The van der Waals surface area contributed by atoms with Crippen LogP contribution in [0.2, 0.25) is 0 Å². The molecule has 0 heterocycles. The van der Waals surface area contributed by atoms with Crippen molar-refractivity contribution in [3.05, 3.63) is 35.9 Å². The van der Waals surface area contributed by atoms with Gasteiger partial charge in [0, 0.05) is 6.42 Å². The number of hydrogen-bond acceptors (Lipinski definition) is 2. The lowest BCUT2D eigenvalue weighted by Crippen LogP contribution is -2.11. The number of carbonyl (C=O) groups excluding carboxylic acids is 1. The number of aldehydes is 1. The van der Waals surface area contributed by atoms with Gasteiger partial charge in [-0.1, -0.05) is 30.3 Å². The molecular formula is C12H14O3. The SMILES string of the molecule is O=CCCCC(C(=O)O)c1ccccc1. The van der Waals surface area contributed by atoms with Crippen molar-refractivity contribution in [2.45, 2.75) is 25.2 Å². The zero-order valence-electron chi connectivity index (χ0n) is 8.43. The Morgan fingerprint density at radius 1 is 1.33 bits per heavy atom. The number of aliphatic carboxylic acids is 1. The lowest BCUT2D eigenvalue weighted by atomic mass is 9.94. The van der Waals surface area contributed by atoms with Gasteiger partial charge in [-0.3, -0.25) is 4.79 Å². The minimum absolute atomic E-state index is 0.427. The van der Waals surface area contributed by atoms with Crippen LogP contribution in [-0.2, 0) is 9.59 Å². The number of carboxylic acid groups (broad SMARTS) is 1. The predicted octanol–water partition coefficient (Wildman–Crippen LogP) is 2.22. The molecule has 0 aliphatic rings. The zero-order chi connectivity index (χ0) is 11.1. The van der Waals surface area contributed by atoms with Crippen LogP contribution in [0, 0.1) is 0 Å². The molecular weight excluding hydrogens is 192 g/mol. The summed E-state index contributed by atoms with van der Waals surface area (Å²) in [4.78, 5) is 21.2. The monoisotopic (exact) mass is 206 g/mol. The van der Waals surface area contributed by atoms with Crippen LogP contribution in [0.15, 0.2) is 30.3 Å². The average molecular weight is 206 g/mol. The Kier molecular flexibility index (Phi) is 4.54. The van der Waals surface area contributed by atoms with Crippen molar-refractivity contribution in [1.82, 2.24) is 0 Å². The summed E-state index contributed by atoms with van der Waals surface area (Å²) in [7, 11) is 0. The third-order valence-corrected chi connectivity index (χ3v) is 2.31. The quantitative estimate of drug-likeness (QED) is 0.573. The van der Waals surface area contributed by atoms with Crippen molar-refractivity contribution in [2.75, 3.05) is 0 Å². The molecule has 1 atom stereocenters. The third-order valence-electron chi connectivity index (χ3n) is 2.31. The van der Waals surface area contributed by atoms with E-state index in [1.54, 1.807) is 12.1 Å². The number of carbonyl (C=O) groups is 2. The molecule has 80 valence electrons. The fourth-order valence-corrected chi connectivity index (χ4v) is 1.52. The molecule has 1 N–H and O–H groups in total. The number of unbranched alkanes of at least 4 members (excludes halogenated alkanes) is 1. The van der Waals surface area contributed by atoms with Crippen molar-refractivity contribution in [3.63, 3.8) is 0 Å². The topological polar surface area (TPSA) is 54.4 Å². The molecule has 0 aliphatic carbocycles. The van der Waals surface area contributed by atoms with Gasteiger partial charge in [-0.2, -0.15) is 0 Å². The molecule has 0 spiro atoms. The van der Waals surface area contributed by atoms with E-state index in [9.17, 15) is 9.59 Å². The lowest BCUT2D eigenvalue weighted by Gasteiger charge is -2.11. The Morgan fingerprint density at radius 2 is 2.00 bits per heavy atom. The third kappa shape index (κ3) is 3.54. The second-order valence-electron chi connectivity index (χ2n) is 3.40. The van der Waals surface area contributed by atoms with Gasteiger partial charge in [0.15, 0.2) is 0 Å². The van der Waals surface area contributed by atoms with Crippen molar-refractivity contribution in [3.8, 4) is 0 Å². The standard InChI is InChI=1S/C12H14O3/c13-9-5-4-8-11(12(14)15)10-6-2-1-3-7-10/h1-3,6-7,9,11H,4-5,8H2,(H,14,15). The largest absolute Gasteiger partial charge is 0.481 e. The van der Waals surface area contributed by atoms with Crippen molar-refractivity contribution in [2.24, 2.45) is 0 Å². The number of hydrogen-bond donors (Lipinski definition) is 1. The molecule has 15 heavy (non-hydrogen) atoms. The summed E-state index contributed by atoms with van der Waals surface area (Å²) in [6.07, 6.45) is 2.38. The summed E-state index contributed by atoms with van der Waals surface area (Å²) in [5.74, 6) is -1.32. The van der Waals surface area contributed by atoms with Gasteiger partial charge in [0.25, 0.3) is 0 Å². The second-order valence-corrected chi connectivity index (χ2v) is 3.40. The van der Waals surface area contributed by atoms with E-state index in [4.69, 9.17) is 5.11 Å². The van der Waals surface area contributed by atoms with E-state index in [-0.39, 0.29) is 0 Å². The molecule has 0 aromatic heterocycles. The van der Waals surface area contributed by atoms with Gasteiger partial charge in [-0.05, 0) is 18.4 Å². The maximum absolute atomic E-state index is 11.0. The molecule has 0 aliphatic heterocycles. The molecule has 0 radical (unpaired) electrons. The van der Waals surface area contributed by atoms with Crippen LogP contribution in [0.25, 0.3) is 0 Å². The van der Waals surface area contributed by atoms with Crippen molar-refractivity contribution < 1.29 is 14.7 Å². The smallest absolute Gasteiger partial charge is 0.310 e. The summed E-state index contributed by atoms with van der Waals surface area (Å²) in [5, 5.41) is 9.04. The van der Waals surface area contributed by atoms with Crippen LogP contribution in [0.4, 0.5) is 0 Å². The van der Waals surface area contributed by atoms with Gasteiger partial charge in [0.1, 0.15) is 6.29 Å². The van der Waals surface area contributed by atoms with Crippen molar-refractivity contribution >= 4 is 12.3 Å². The summed E-state index contributed by atoms with van der Waals surface area (Å²) < 4.78 is 0. The molecule has 1 aromatic rings. The van der Waals surface area contributed by atoms with Gasteiger partial charge in [-0.15, -0.1) is 0 Å². The maximum atomic E-state index is 11.0. The zero-order valence-corrected chi connectivity index (χ0v) is 8.43. The van der Waals surface area contributed by atoms with E-state index in [2.05, 4.69) is 0 Å². The normalized spacial score (nSPS) is 12.0. The van der Waals surface area contributed by atoms with E-state index in [0.717, 1.165) is 11.8 Å². The van der Waals surface area contributed by atoms with Crippen LogP contribution >= 0.6 is 0 Å². The minimum atomic E-state index is -0.827. The van der Waals surface area contributed by atoms with E-state index in [1.807, 2.05) is 18.2 Å². The number of benzene rings is 1. The Balaban J connectivity index is 2.66. The van der Waals surface area contributed by atoms with Gasteiger partial charge >= 0.3 is 5.97 Å². The minimum Gasteiger partial charge on any atom is -0.481 e. The fourth-order valence-electron chi connectivity index (χ4n) is 1.52. The highest BCUT2D eigenvalue weighted by atomic mass is 16.4. The highest BCUT2D eigenvalue weighted by Gasteiger charge is 2.18. The molecule has 0 saturated heterocycles. The first-order valence-electron chi connectivity index (χ1n) is 4.97. The molecule has 3 heteroatoms. The van der Waals surface area contributed by atoms with E-state index in [1.165, 1.54) is 0 Å². The highest BCUT2D eigenvalue weighted by Crippen LogP contribution is 2.21.